The van der Waals surface area contributed by atoms with Crippen LogP contribution in [-0.2, 0) is 11.2 Å². The largest absolute Gasteiger partial charge is 0.345 e. The molecular formula is C19H29ClN2OS. The van der Waals surface area contributed by atoms with Crippen LogP contribution in [-0.4, -0.2) is 60.9 Å². The van der Waals surface area contributed by atoms with Crippen molar-refractivity contribution < 1.29 is 4.79 Å². The molecule has 1 aliphatic heterocycles. The highest BCUT2D eigenvalue weighted by molar-refractivity contribution is 7.98. The summed E-state index contributed by atoms with van der Waals surface area (Å²) in [4.78, 5) is 16.6. The third-order valence-corrected chi connectivity index (χ3v) is 5.58. The van der Waals surface area contributed by atoms with Gasteiger partial charge in [0.2, 0.25) is 5.91 Å². The number of benzene rings is 1. The van der Waals surface area contributed by atoms with Gasteiger partial charge in [0.05, 0.1) is 0 Å². The fraction of sp³-hybridized carbons (Fsp3) is 0.632. The molecule has 1 saturated heterocycles. The maximum Gasteiger partial charge on any atom is 0.223 e. The lowest BCUT2D eigenvalue weighted by molar-refractivity contribution is -0.130. The van der Waals surface area contributed by atoms with Crippen molar-refractivity contribution in [2.24, 2.45) is 5.92 Å². The lowest BCUT2D eigenvalue weighted by Gasteiger charge is -2.34. The molecule has 1 amide bonds. The molecule has 0 aliphatic carbocycles. The summed E-state index contributed by atoms with van der Waals surface area (Å²) >= 11 is 7.68. The average Bonchev–Trinajstić information content (AvgIpc) is 2.59. The second-order valence-electron chi connectivity index (χ2n) is 6.70. The number of carbonyl (C=O) groups excluding carboxylic acids is 1. The lowest BCUT2D eigenvalue weighted by atomic mass is 9.97. The van der Waals surface area contributed by atoms with Crippen molar-refractivity contribution in [1.82, 2.24) is 9.80 Å². The number of likely N-dealkylation sites (tertiary alicyclic amines) is 1. The second kappa shape index (κ2) is 10.3. The van der Waals surface area contributed by atoms with Crippen LogP contribution in [0.1, 0.15) is 24.8 Å². The van der Waals surface area contributed by atoms with E-state index in [2.05, 4.69) is 17.0 Å². The molecule has 0 spiro atoms. The monoisotopic (exact) mass is 368 g/mol. The van der Waals surface area contributed by atoms with Gasteiger partial charge in [0.1, 0.15) is 0 Å². The smallest absolute Gasteiger partial charge is 0.223 e. The molecule has 1 aromatic rings. The summed E-state index contributed by atoms with van der Waals surface area (Å²) in [5.74, 6) is 1.80. The molecule has 0 radical (unpaired) electrons. The van der Waals surface area contributed by atoms with Crippen molar-refractivity contribution >= 4 is 29.3 Å². The Balaban J connectivity index is 1.74. The molecule has 0 saturated carbocycles. The lowest BCUT2D eigenvalue weighted by Crippen LogP contribution is -2.42. The minimum Gasteiger partial charge on any atom is -0.345 e. The fourth-order valence-electron chi connectivity index (χ4n) is 3.31. The summed E-state index contributed by atoms with van der Waals surface area (Å²) in [5.41, 5.74) is 1.34. The Morgan fingerprint density at radius 1 is 1.38 bits per heavy atom. The molecule has 1 unspecified atom stereocenters. The number of nitrogens with zero attached hydrogens (tertiary/aromatic N) is 2. The highest BCUT2D eigenvalue weighted by Gasteiger charge is 2.22. The van der Waals surface area contributed by atoms with E-state index >= 15 is 0 Å². The summed E-state index contributed by atoms with van der Waals surface area (Å²) in [6, 6.07) is 8.15. The van der Waals surface area contributed by atoms with Crippen LogP contribution in [0.4, 0.5) is 0 Å². The van der Waals surface area contributed by atoms with Crippen molar-refractivity contribution in [3.63, 3.8) is 0 Å². The molecule has 1 fully saturated rings. The minimum absolute atomic E-state index is 0.280. The number of halogens is 1. The van der Waals surface area contributed by atoms with E-state index in [1.165, 1.54) is 24.9 Å². The summed E-state index contributed by atoms with van der Waals surface area (Å²) in [7, 11) is 1.95. The van der Waals surface area contributed by atoms with E-state index in [0.29, 0.717) is 12.3 Å². The van der Waals surface area contributed by atoms with Gasteiger partial charge in [-0.05, 0) is 55.7 Å². The number of rotatable bonds is 8. The van der Waals surface area contributed by atoms with Crippen molar-refractivity contribution in [3.05, 3.63) is 34.9 Å². The molecule has 1 heterocycles. The molecule has 0 bridgehead atoms. The van der Waals surface area contributed by atoms with Gasteiger partial charge in [-0.2, -0.15) is 11.8 Å². The predicted octanol–water partition coefficient (Wildman–Crippen LogP) is 3.81. The molecule has 1 aliphatic rings. The first kappa shape index (κ1) is 19.6. The van der Waals surface area contributed by atoms with Gasteiger partial charge in [0.15, 0.2) is 0 Å². The Hall–Kier alpha value is -0.710. The van der Waals surface area contributed by atoms with Crippen LogP contribution in [0, 0.1) is 5.92 Å². The molecule has 5 heteroatoms. The first-order chi connectivity index (χ1) is 11.6. The van der Waals surface area contributed by atoms with Gasteiger partial charge < -0.3 is 9.80 Å². The number of carbonyl (C=O) groups is 1. The highest BCUT2D eigenvalue weighted by atomic mass is 35.5. The summed E-state index contributed by atoms with van der Waals surface area (Å²) < 4.78 is 0. The van der Waals surface area contributed by atoms with Crippen LogP contribution in [0.25, 0.3) is 0 Å². The van der Waals surface area contributed by atoms with Crippen LogP contribution >= 0.6 is 23.4 Å². The predicted molar refractivity (Wildman–Crippen MR) is 105 cm³/mol. The molecule has 2 rings (SSSR count). The maximum absolute atomic E-state index is 12.1. The van der Waals surface area contributed by atoms with Crippen molar-refractivity contribution in [2.75, 3.05) is 45.2 Å². The summed E-state index contributed by atoms with van der Waals surface area (Å²) in [5, 5.41) is 0.797. The van der Waals surface area contributed by atoms with Gasteiger partial charge in [-0.3, -0.25) is 4.79 Å². The van der Waals surface area contributed by atoms with Crippen molar-refractivity contribution in [3.8, 4) is 0 Å². The molecule has 0 N–H and O–H groups in total. The number of amides is 1. The third kappa shape index (κ3) is 6.66. The minimum atomic E-state index is 0.280. The molecule has 134 valence electrons. The molecule has 0 aromatic heterocycles. The zero-order valence-corrected chi connectivity index (χ0v) is 16.4. The highest BCUT2D eigenvalue weighted by Crippen LogP contribution is 2.18. The van der Waals surface area contributed by atoms with Gasteiger partial charge in [0, 0.05) is 43.9 Å². The van der Waals surface area contributed by atoms with Crippen LogP contribution in [0.2, 0.25) is 5.02 Å². The fourth-order valence-corrected chi connectivity index (χ4v) is 3.82. The van der Waals surface area contributed by atoms with E-state index < -0.39 is 0 Å². The topological polar surface area (TPSA) is 23.6 Å². The first-order valence-corrected chi connectivity index (χ1v) is 10.6. The quantitative estimate of drug-likeness (QED) is 0.697. The molecular weight excluding hydrogens is 340 g/mol. The van der Waals surface area contributed by atoms with Gasteiger partial charge in [-0.15, -0.1) is 0 Å². The third-order valence-electron chi connectivity index (χ3n) is 4.71. The molecule has 1 aromatic carbocycles. The SMILES string of the molecule is CSCCC(=O)N(C)CC1CCCN(CCc2ccc(Cl)cc2)C1. The Morgan fingerprint density at radius 3 is 2.83 bits per heavy atom. The second-order valence-corrected chi connectivity index (χ2v) is 8.12. The van der Waals surface area contributed by atoms with Gasteiger partial charge in [-0.25, -0.2) is 0 Å². The first-order valence-electron chi connectivity index (χ1n) is 8.78. The zero-order chi connectivity index (χ0) is 17.4. The van der Waals surface area contributed by atoms with E-state index in [4.69, 9.17) is 11.6 Å². The standard InChI is InChI=1S/C19H29ClN2OS/c1-21(19(23)10-13-24-2)14-17-4-3-11-22(15-17)12-9-16-5-7-18(20)8-6-16/h5-8,17H,3-4,9-15H2,1-2H3. The van der Waals surface area contributed by atoms with Crippen molar-refractivity contribution in [2.45, 2.75) is 25.7 Å². The normalized spacial score (nSPS) is 18.5. The Morgan fingerprint density at radius 2 is 2.12 bits per heavy atom. The van der Waals surface area contributed by atoms with Crippen LogP contribution in [0.5, 0.6) is 0 Å². The van der Waals surface area contributed by atoms with Crippen molar-refractivity contribution in [1.29, 1.82) is 0 Å². The van der Waals surface area contributed by atoms with E-state index in [1.807, 2.05) is 30.3 Å². The summed E-state index contributed by atoms with van der Waals surface area (Å²) in [6.07, 6.45) is 6.24. The van der Waals surface area contributed by atoms with Gasteiger partial charge in [-0.1, -0.05) is 23.7 Å². The van der Waals surface area contributed by atoms with E-state index in [1.54, 1.807) is 11.8 Å². The molecule has 3 nitrogen and oxygen atoms in total. The van der Waals surface area contributed by atoms with E-state index in [0.717, 1.165) is 36.8 Å². The number of hydrogen-bond acceptors (Lipinski definition) is 3. The van der Waals surface area contributed by atoms with Crippen LogP contribution in [0.3, 0.4) is 0 Å². The number of thioether (sulfide) groups is 1. The maximum atomic E-state index is 12.1. The van der Waals surface area contributed by atoms with E-state index in [-0.39, 0.29) is 5.91 Å². The van der Waals surface area contributed by atoms with Gasteiger partial charge in [0.25, 0.3) is 0 Å². The average molecular weight is 369 g/mol. The van der Waals surface area contributed by atoms with Crippen LogP contribution < -0.4 is 0 Å². The Bertz CT molecular complexity index is 509. The number of hydrogen-bond donors (Lipinski definition) is 0. The van der Waals surface area contributed by atoms with E-state index in [9.17, 15) is 4.79 Å². The van der Waals surface area contributed by atoms with Crippen LogP contribution in [0.15, 0.2) is 24.3 Å². The Labute approximate surface area is 155 Å². The summed E-state index contributed by atoms with van der Waals surface area (Å²) in [6.45, 7) is 4.26. The number of piperidine rings is 1. The molecule has 1 atom stereocenters. The zero-order valence-electron chi connectivity index (χ0n) is 14.8. The Kier molecular flexibility index (Phi) is 8.43. The van der Waals surface area contributed by atoms with Gasteiger partial charge >= 0.3 is 0 Å². The molecule has 24 heavy (non-hydrogen) atoms.